The van der Waals surface area contributed by atoms with Crippen molar-refractivity contribution in [3.05, 3.63) is 33.8 Å². The zero-order chi connectivity index (χ0) is 19.9. The van der Waals surface area contributed by atoms with Crippen LogP contribution >= 0.6 is 23.2 Å². The van der Waals surface area contributed by atoms with E-state index in [0.717, 1.165) is 39.3 Å². The number of hydrogen-bond acceptors (Lipinski definition) is 4. The monoisotopic (exact) mass is 427 g/mol. The summed E-state index contributed by atoms with van der Waals surface area (Å²) in [6.07, 6.45) is 2.29. The molecular formula is C20H27Cl2N3O3. The van der Waals surface area contributed by atoms with Crippen LogP contribution < -0.4 is 5.32 Å². The Hall–Kier alpha value is -1.34. The summed E-state index contributed by atoms with van der Waals surface area (Å²) in [5.74, 6) is -0.0437. The van der Waals surface area contributed by atoms with Crippen molar-refractivity contribution in [3.63, 3.8) is 0 Å². The van der Waals surface area contributed by atoms with Crippen LogP contribution in [0.1, 0.15) is 29.6 Å². The van der Waals surface area contributed by atoms with Gasteiger partial charge in [0.25, 0.3) is 5.91 Å². The van der Waals surface area contributed by atoms with Crippen LogP contribution in [0.4, 0.5) is 0 Å². The number of rotatable bonds is 6. The highest BCUT2D eigenvalue weighted by Crippen LogP contribution is 2.25. The molecule has 1 N–H and O–H groups in total. The molecule has 0 unspecified atom stereocenters. The van der Waals surface area contributed by atoms with Crippen LogP contribution in [0, 0.1) is 5.92 Å². The third-order valence-electron chi connectivity index (χ3n) is 5.37. The molecule has 2 fully saturated rings. The van der Waals surface area contributed by atoms with Gasteiger partial charge in [0.05, 0.1) is 23.8 Å². The van der Waals surface area contributed by atoms with Crippen molar-refractivity contribution in [2.24, 2.45) is 5.92 Å². The summed E-state index contributed by atoms with van der Waals surface area (Å²) in [5, 5.41) is 3.91. The minimum atomic E-state index is -0.106. The molecule has 0 bridgehead atoms. The molecule has 1 aromatic rings. The van der Waals surface area contributed by atoms with Gasteiger partial charge < -0.3 is 15.0 Å². The van der Waals surface area contributed by atoms with Gasteiger partial charge in [0.15, 0.2) is 0 Å². The molecular weight excluding hydrogens is 401 g/mol. The second-order valence-electron chi connectivity index (χ2n) is 7.29. The number of halogens is 2. The normalized spacial score (nSPS) is 18.9. The third kappa shape index (κ3) is 5.83. The van der Waals surface area contributed by atoms with E-state index in [2.05, 4.69) is 10.2 Å². The van der Waals surface area contributed by atoms with Gasteiger partial charge in [-0.05, 0) is 44.0 Å². The van der Waals surface area contributed by atoms with E-state index in [0.29, 0.717) is 48.1 Å². The number of carbonyl (C=O) groups excluding carboxylic acids is 2. The Labute approximate surface area is 176 Å². The lowest BCUT2D eigenvalue weighted by Gasteiger charge is -2.31. The Morgan fingerprint density at radius 1 is 1.11 bits per heavy atom. The van der Waals surface area contributed by atoms with Gasteiger partial charge in [-0.1, -0.05) is 23.2 Å². The maximum absolute atomic E-state index is 12.7. The first-order valence-corrected chi connectivity index (χ1v) is 10.6. The lowest BCUT2D eigenvalue weighted by atomic mass is 9.95. The van der Waals surface area contributed by atoms with E-state index in [1.54, 1.807) is 23.1 Å². The maximum atomic E-state index is 12.7. The predicted octanol–water partition coefficient (Wildman–Crippen LogP) is 2.68. The van der Waals surface area contributed by atoms with E-state index < -0.39 is 0 Å². The van der Waals surface area contributed by atoms with Crippen molar-refractivity contribution >= 4 is 35.0 Å². The van der Waals surface area contributed by atoms with Crippen LogP contribution in [-0.2, 0) is 9.53 Å². The van der Waals surface area contributed by atoms with Crippen LogP contribution in [0.3, 0.4) is 0 Å². The molecule has 0 saturated carbocycles. The molecule has 28 heavy (non-hydrogen) atoms. The topological polar surface area (TPSA) is 61.9 Å². The molecule has 1 aromatic carbocycles. The first-order chi connectivity index (χ1) is 13.5. The predicted molar refractivity (Wildman–Crippen MR) is 110 cm³/mol. The summed E-state index contributed by atoms with van der Waals surface area (Å²) in [4.78, 5) is 29.2. The smallest absolute Gasteiger partial charge is 0.255 e. The number of nitrogens with one attached hydrogen (secondary N) is 1. The number of amides is 2. The molecule has 0 atom stereocenters. The molecule has 2 amide bonds. The lowest BCUT2D eigenvalue weighted by molar-refractivity contribution is -0.126. The van der Waals surface area contributed by atoms with Gasteiger partial charge in [-0.3, -0.25) is 14.5 Å². The molecule has 0 radical (unpaired) electrons. The highest BCUT2D eigenvalue weighted by Gasteiger charge is 2.28. The van der Waals surface area contributed by atoms with Crippen LogP contribution in [0.2, 0.25) is 10.0 Å². The first-order valence-electron chi connectivity index (χ1n) is 9.87. The summed E-state index contributed by atoms with van der Waals surface area (Å²) < 4.78 is 5.34. The number of benzene rings is 1. The minimum Gasteiger partial charge on any atom is -0.379 e. The van der Waals surface area contributed by atoms with Gasteiger partial charge in [0.2, 0.25) is 5.91 Å². The van der Waals surface area contributed by atoms with Crippen LogP contribution in [0.25, 0.3) is 0 Å². The maximum Gasteiger partial charge on any atom is 0.255 e. The Bertz CT molecular complexity index is 687. The second kappa shape index (κ2) is 10.4. The largest absolute Gasteiger partial charge is 0.379 e. The van der Waals surface area contributed by atoms with Gasteiger partial charge in [0, 0.05) is 43.7 Å². The van der Waals surface area contributed by atoms with E-state index in [4.69, 9.17) is 27.9 Å². The van der Waals surface area contributed by atoms with E-state index in [1.165, 1.54) is 0 Å². The SMILES string of the molecule is O=C(NCCCN1CCOCC1)C1CCN(C(=O)c2ccc(Cl)cc2Cl)CC1. The number of nitrogens with zero attached hydrogens (tertiary/aromatic N) is 2. The fourth-order valence-corrected chi connectivity index (χ4v) is 4.15. The van der Waals surface area contributed by atoms with Gasteiger partial charge in [-0.2, -0.15) is 0 Å². The summed E-state index contributed by atoms with van der Waals surface area (Å²) in [6, 6.07) is 4.89. The molecule has 2 heterocycles. The Morgan fingerprint density at radius 2 is 1.82 bits per heavy atom. The quantitative estimate of drug-likeness (QED) is 0.708. The Kier molecular flexibility index (Phi) is 7.97. The summed E-state index contributed by atoms with van der Waals surface area (Å²) in [5.41, 5.74) is 0.456. The number of morpholine rings is 1. The van der Waals surface area contributed by atoms with Gasteiger partial charge in [-0.25, -0.2) is 0 Å². The van der Waals surface area contributed by atoms with Crippen LogP contribution in [0.15, 0.2) is 18.2 Å². The van der Waals surface area contributed by atoms with E-state index in [1.807, 2.05) is 0 Å². The van der Waals surface area contributed by atoms with E-state index in [-0.39, 0.29) is 17.7 Å². The average Bonchev–Trinajstić information content (AvgIpc) is 2.71. The number of carbonyl (C=O) groups is 2. The molecule has 2 aliphatic heterocycles. The van der Waals surface area contributed by atoms with Crippen LogP contribution in [-0.4, -0.2) is 74.1 Å². The van der Waals surface area contributed by atoms with Crippen LogP contribution in [0.5, 0.6) is 0 Å². The summed E-state index contributed by atoms with van der Waals surface area (Å²) in [7, 11) is 0. The molecule has 6 nitrogen and oxygen atoms in total. The molecule has 3 rings (SSSR count). The minimum absolute atomic E-state index is 0.0341. The zero-order valence-electron chi connectivity index (χ0n) is 16.0. The fourth-order valence-electron chi connectivity index (χ4n) is 3.66. The van der Waals surface area contributed by atoms with E-state index in [9.17, 15) is 9.59 Å². The lowest BCUT2D eigenvalue weighted by Crippen LogP contribution is -2.43. The van der Waals surface area contributed by atoms with Crippen molar-refractivity contribution in [2.75, 3.05) is 52.5 Å². The fraction of sp³-hybridized carbons (Fsp3) is 0.600. The van der Waals surface area contributed by atoms with Crippen molar-refractivity contribution < 1.29 is 14.3 Å². The molecule has 0 aliphatic carbocycles. The molecule has 0 spiro atoms. The van der Waals surface area contributed by atoms with Crippen molar-refractivity contribution in [2.45, 2.75) is 19.3 Å². The molecule has 2 saturated heterocycles. The number of likely N-dealkylation sites (tertiary alicyclic amines) is 1. The van der Waals surface area contributed by atoms with E-state index >= 15 is 0 Å². The third-order valence-corrected chi connectivity index (χ3v) is 5.92. The zero-order valence-corrected chi connectivity index (χ0v) is 17.5. The summed E-state index contributed by atoms with van der Waals surface area (Å²) >= 11 is 12.0. The Morgan fingerprint density at radius 3 is 2.50 bits per heavy atom. The van der Waals surface area contributed by atoms with Crippen molar-refractivity contribution in [1.29, 1.82) is 0 Å². The number of ether oxygens (including phenoxy) is 1. The highest BCUT2D eigenvalue weighted by atomic mass is 35.5. The number of piperidine rings is 1. The number of hydrogen-bond donors (Lipinski definition) is 1. The molecule has 0 aromatic heterocycles. The van der Waals surface area contributed by atoms with Crippen molar-refractivity contribution in [1.82, 2.24) is 15.1 Å². The summed E-state index contributed by atoms with van der Waals surface area (Å²) in [6.45, 7) is 6.33. The van der Waals surface area contributed by atoms with Gasteiger partial charge >= 0.3 is 0 Å². The molecule has 8 heteroatoms. The van der Waals surface area contributed by atoms with Gasteiger partial charge in [0.1, 0.15) is 0 Å². The standard InChI is InChI=1S/C20H27Cl2N3O3/c21-16-2-3-17(18(22)14-16)20(27)25-8-4-15(5-9-25)19(26)23-6-1-7-24-10-12-28-13-11-24/h2-3,14-15H,1,4-13H2,(H,23,26). The first kappa shape index (κ1) is 21.4. The Balaban J connectivity index is 1.38. The molecule has 2 aliphatic rings. The second-order valence-corrected chi connectivity index (χ2v) is 8.13. The van der Waals surface area contributed by atoms with Crippen molar-refractivity contribution in [3.8, 4) is 0 Å². The molecule has 154 valence electrons. The van der Waals surface area contributed by atoms with Gasteiger partial charge in [-0.15, -0.1) is 0 Å². The highest BCUT2D eigenvalue weighted by molar-refractivity contribution is 6.36. The average molecular weight is 428 g/mol.